The molecule has 1 N–H and O–H groups in total. The summed E-state index contributed by atoms with van der Waals surface area (Å²) < 4.78 is 0. The van der Waals surface area contributed by atoms with Crippen molar-refractivity contribution in [1.82, 2.24) is 10.2 Å². The second-order valence-electron chi connectivity index (χ2n) is 4.70. The molecule has 1 heterocycles. The smallest absolute Gasteiger partial charge is 0.0453 e. The first-order valence-electron chi connectivity index (χ1n) is 6.45. The van der Waals surface area contributed by atoms with Crippen molar-refractivity contribution in [3.05, 3.63) is 34.9 Å². The van der Waals surface area contributed by atoms with Gasteiger partial charge in [0.05, 0.1) is 0 Å². The van der Waals surface area contributed by atoms with Gasteiger partial charge in [-0.1, -0.05) is 29.8 Å². The second kappa shape index (κ2) is 9.84. The van der Waals surface area contributed by atoms with Crippen LogP contribution in [-0.2, 0) is 0 Å². The number of likely N-dealkylation sites (tertiary alicyclic amines) is 1. The lowest BCUT2D eigenvalue weighted by Crippen LogP contribution is -2.26. The van der Waals surface area contributed by atoms with Crippen LogP contribution in [0.5, 0.6) is 0 Å². The maximum Gasteiger partial charge on any atom is 0.0453 e. The van der Waals surface area contributed by atoms with Gasteiger partial charge in [-0.15, -0.1) is 24.8 Å². The minimum atomic E-state index is 0. The Morgan fingerprint density at radius 2 is 1.84 bits per heavy atom. The van der Waals surface area contributed by atoms with Crippen LogP contribution >= 0.6 is 36.4 Å². The molecule has 1 saturated heterocycles. The van der Waals surface area contributed by atoms with Gasteiger partial charge in [0.1, 0.15) is 0 Å². The van der Waals surface area contributed by atoms with Crippen molar-refractivity contribution in [3.8, 4) is 0 Å². The van der Waals surface area contributed by atoms with Gasteiger partial charge in [0.2, 0.25) is 0 Å². The maximum atomic E-state index is 6.24. The molecule has 0 aliphatic carbocycles. The molecule has 1 aliphatic rings. The van der Waals surface area contributed by atoms with Gasteiger partial charge in [0.25, 0.3) is 0 Å². The van der Waals surface area contributed by atoms with Gasteiger partial charge < -0.3 is 10.2 Å². The van der Waals surface area contributed by atoms with E-state index in [4.69, 9.17) is 11.6 Å². The van der Waals surface area contributed by atoms with Gasteiger partial charge in [0.15, 0.2) is 0 Å². The molecule has 1 aromatic carbocycles. The normalized spacial score (nSPS) is 16.5. The van der Waals surface area contributed by atoms with Crippen LogP contribution in [0, 0.1) is 0 Å². The van der Waals surface area contributed by atoms with Crippen molar-refractivity contribution in [2.75, 3.05) is 26.7 Å². The van der Waals surface area contributed by atoms with Crippen molar-refractivity contribution in [2.24, 2.45) is 0 Å². The van der Waals surface area contributed by atoms with Crippen LogP contribution < -0.4 is 5.32 Å². The van der Waals surface area contributed by atoms with E-state index < -0.39 is 0 Å². The van der Waals surface area contributed by atoms with E-state index in [1.54, 1.807) is 0 Å². The SMILES string of the molecule is CNC(CCN1CCCC1)c1ccccc1Cl.Cl.Cl. The molecule has 19 heavy (non-hydrogen) atoms. The zero-order valence-electron chi connectivity index (χ0n) is 11.3. The molecule has 110 valence electrons. The number of hydrogen-bond donors (Lipinski definition) is 1. The topological polar surface area (TPSA) is 15.3 Å². The van der Waals surface area contributed by atoms with Gasteiger partial charge in [0, 0.05) is 11.1 Å². The monoisotopic (exact) mass is 324 g/mol. The fraction of sp³-hybridized carbons (Fsp3) is 0.571. The van der Waals surface area contributed by atoms with Gasteiger partial charge in [-0.25, -0.2) is 0 Å². The third kappa shape index (κ3) is 5.49. The molecule has 0 amide bonds. The maximum absolute atomic E-state index is 6.24. The summed E-state index contributed by atoms with van der Waals surface area (Å²) in [5, 5.41) is 4.24. The van der Waals surface area contributed by atoms with Gasteiger partial charge >= 0.3 is 0 Å². The summed E-state index contributed by atoms with van der Waals surface area (Å²) in [5.74, 6) is 0. The van der Waals surface area contributed by atoms with Crippen LogP contribution in [0.3, 0.4) is 0 Å². The van der Waals surface area contributed by atoms with Gasteiger partial charge in [-0.3, -0.25) is 0 Å². The van der Waals surface area contributed by atoms with E-state index in [2.05, 4.69) is 22.3 Å². The minimum absolute atomic E-state index is 0. The lowest BCUT2D eigenvalue weighted by atomic mass is 10.0. The van der Waals surface area contributed by atoms with E-state index in [9.17, 15) is 0 Å². The fourth-order valence-corrected chi connectivity index (χ4v) is 2.80. The van der Waals surface area contributed by atoms with Crippen LogP contribution in [0.2, 0.25) is 5.02 Å². The Labute approximate surface area is 133 Å². The third-order valence-electron chi connectivity index (χ3n) is 3.56. The molecule has 1 aromatic rings. The van der Waals surface area contributed by atoms with Crippen LogP contribution in [0.25, 0.3) is 0 Å². The van der Waals surface area contributed by atoms with Crippen molar-refractivity contribution < 1.29 is 0 Å². The molecule has 2 nitrogen and oxygen atoms in total. The first-order chi connectivity index (χ1) is 8.31. The highest BCUT2D eigenvalue weighted by Crippen LogP contribution is 2.25. The lowest BCUT2D eigenvalue weighted by molar-refractivity contribution is 0.314. The Balaban J connectivity index is 0.00000162. The molecule has 0 bridgehead atoms. The Hall–Kier alpha value is 0.01000. The van der Waals surface area contributed by atoms with E-state index >= 15 is 0 Å². The third-order valence-corrected chi connectivity index (χ3v) is 3.91. The summed E-state index contributed by atoms with van der Waals surface area (Å²) in [6.07, 6.45) is 3.84. The van der Waals surface area contributed by atoms with Crippen LogP contribution in [0.4, 0.5) is 0 Å². The van der Waals surface area contributed by atoms with E-state index in [1.165, 1.54) is 31.5 Å². The molecule has 0 saturated carbocycles. The van der Waals surface area contributed by atoms with Crippen LogP contribution in [-0.4, -0.2) is 31.6 Å². The molecule has 0 aromatic heterocycles. The molecule has 0 radical (unpaired) electrons. The Kier molecular flexibility index (Phi) is 9.85. The standard InChI is InChI=1S/C14H21ClN2.2ClH/c1-16-14(8-11-17-9-4-5-10-17)12-6-2-3-7-13(12)15;;/h2-3,6-7,14,16H,4-5,8-11H2,1H3;2*1H. The zero-order valence-corrected chi connectivity index (χ0v) is 13.7. The first kappa shape index (κ1) is 19.0. The van der Waals surface area contributed by atoms with Gasteiger partial charge in [-0.2, -0.15) is 0 Å². The molecule has 0 spiro atoms. The number of rotatable bonds is 5. The number of hydrogen-bond acceptors (Lipinski definition) is 2. The highest BCUT2D eigenvalue weighted by atomic mass is 35.5. The molecule has 1 atom stereocenters. The van der Waals surface area contributed by atoms with Gasteiger partial charge in [-0.05, 0) is 57.6 Å². The van der Waals surface area contributed by atoms with Crippen LogP contribution in [0.1, 0.15) is 30.9 Å². The lowest BCUT2D eigenvalue weighted by Gasteiger charge is -2.21. The molecule has 5 heteroatoms. The van der Waals surface area contributed by atoms with E-state index in [1.807, 2.05) is 19.2 Å². The highest BCUT2D eigenvalue weighted by molar-refractivity contribution is 6.31. The average Bonchev–Trinajstić information content (AvgIpc) is 2.85. The molecule has 1 unspecified atom stereocenters. The quantitative estimate of drug-likeness (QED) is 0.882. The number of benzene rings is 1. The molecular formula is C14H23Cl3N2. The average molecular weight is 326 g/mol. The van der Waals surface area contributed by atoms with E-state index in [0.29, 0.717) is 6.04 Å². The predicted molar refractivity (Wildman–Crippen MR) is 88.0 cm³/mol. The molecule has 2 rings (SSSR count). The van der Waals surface area contributed by atoms with Crippen molar-refractivity contribution in [1.29, 1.82) is 0 Å². The number of halogens is 3. The Morgan fingerprint density at radius 1 is 1.21 bits per heavy atom. The van der Waals surface area contributed by atoms with Crippen molar-refractivity contribution in [2.45, 2.75) is 25.3 Å². The summed E-state index contributed by atoms with van der Waals surface area (Å²) in [5.41, 5.74) is 1.22. The van der Waals surface area contributed by atoms with Crippen molar-refractivity contribution >= 4 is 36.4 Å². The summed E-state index contributed by atoms with van der Waals surface area (Å²) in [7, 11) is 2.01. The first-order valence-corrected chi connectivity index (χ1v) is 6.83. The highest BCUT2D eigenvalue weighted by Gasteiger charge is 2.16. The van der Waals surface area contributed by atoms with E-state index in [0.717, 1.165) is 18.0 Å². The van der Waals surface area contributed by atoms with Crippen molar-refractivity contribution in [3.63, 3.8) is 0 Å². The molecule has 1 aliphatic heterocycles. The minimum Gasteiger partial charge on any atom is -0.313 e. The Bertz CT molecular complexity index is 354. The molecule has 1 fully saturated rings. The largest absolute Gasteiger partial charge is 0.313 e. The second-order valence-corrected chi connectivity index (χ2v) is 5.11. The molecular weight excluding hydrogens is 303 g/mol. The number of nitrogens with one attached hydrogen (secondary N) is 1. The van der Waals surface area contributed by atoms with Crippen LogP contribution in [0.15, 0.2) is 24.3 Å². The summed E-state index contributed by atoms with van der Waals surface area (Å²) in [6, 6.07) is 8.50. The summed E-state index contributed by atoms with van der Waals surface area (Å²) in [4.78, 5) is 2.54. The predicted octanol–water partition coefficient (Wildman–Crippen LogP) is 3.93. The summed E-state index contributed by atoms with van der Waals surface area (Å²) in [6.45, 7) is 3.69. The number of nitrogens with zero attached hydrogens (tertiary/aromatic N) is 1. The zero-order chi connectivity index (χ0) is 12.1. The Morgan fingerprint density at radius 3 is 2.42 bits per heavy atom. The fourth-order valence-electron chi connectivity index (χ4n) is 2.53. The van der Waals surface area contributed by atoms with E-state index in [-0.39, 0.29) is 24.8 Å². The summed E-state index contributed by atoms with van der Waals surface area (Å²) >= 11 is 6.24.